The monoisotopic (exact) mass is 485 g/mol. The van der Waals surface area contributed by atoms with Crippen LogP contribution in [0.3, 0.4) is 0 Å². The second kappa shape index (κ2) is 12.5. The van der Waals surface area contributed by atoms with Crippen molar-refractivity contribution in [1.82, 2.24) is 9.97 Å². The quantitative estimate of drug-likeness (QED) is 0.547. The zero-order chi connectivity index (χ0) is 12.2. The summed E-state index contributed by atoms with van der Waals surface area (Å²) in [7, 11) is 0. The minimum Gasteiger partial charge on any atom is -2.00 e. The van der Waals surface area contributed by atoms with Gasteiger partial charge in [-0.25, -0.2) is 9.97 Å². The predicted octanol–water partition coefficient (Wildman–Crippen LogP) is 2.15. The van der Waals surface area contributed by atoms with Gasteiger partial charge in [-0.2, -0.15) is 0 Å². The maximum absolute atomic E-state index is 4.62. The molecule has 3 heterocycles. The first-order valence-electron chi connectivity index (χ1n) is 5.79. The number of aromatic nitrogens is 3. The van der Waals surface area contributed by atoms with E-state index in [-0.39, 0.29) is 42.3 Å². The number of nitrogens with one attached hydrogen (secondary N) is 1. The standard InChI is InChI=1S/C15H11N3.4O.Re/c1-3-10-16-12(6-1)14-8-5-9-15(18-14)13-7-2-4-11-17-13;;;;;/h1-11H;;;;;/q;4*-2;/p+1. The van der Waals surface area contributed by atoms with Gasteiger partial charge in [-0.05, 0) is 30.3 Å². The zero-order valence-corrected chi connectivity index (χ0v) is 14.5. The minimum absolute atomic E-state index is 0. The van der Waals surface area contributed by atoms with E-state index in [1.807, 2.05) is 60.8 Å². The molecule has 0 fully saturated rings. The van der Waals surface area contributed by atoms with Crippen LogP contribution in [0.1, 0.15) is 0 Å². The number of nitrogens with zero attached hydrogens (tertiary/aromatic N) is 2. The molecule has 3 aromatic heterocycles. The fourth-order valence-corrected chi connectivity index (χ4v) is 1.79. The summed E-state index contributed by atoms with van der Waals surface area (Å²) in [6, 6.07) is 17.7. The second-order valence-corrected chi connectivity index (χ2v) is 3.90. The average molecular weight is 484 g/mol. The van der Waals surface area contributed by atoms with Crippen LogP contribution in [0.15, 0.2) is 67.0 Å². The molecule has 0 aliphatic rings. The Kier molecular flexibility index (Phi) is 14.1. The molecule has 0 aliphatic heterocycles. The van der Waals surface area contributed by atoms with E-state index in [1.54, 1.807) is 6.20 Å². The molecule has 3 aromatic rings. The Balaban J connectivity index is -0.000000800. The molecule has 0 amide bonds. The van der Waals surface area contributed by atoms with Crippen LogP contribution in [-0.4, -0.2) is 9.97 Å². The number of hydrogen-bond acceptors (Lipinski definition) is 2. The molecule has 3 rings (SSSR count). The van der Waals surface area contributed by atoms with Crippen LogP contribution in [0.5, 0.6) is 0 Å². The Morgan fingerprint density at radius 3 is 1.91 bits per heavy atom. The smallest absolute Gasteiger partial charge is 0.229 e. The molecule has 0 saturated heterocycles. The third kappa shape index (κ3) is 6.30. The van der Waals surface area contributed by atoms with Crippen LogP contribution in [-0.2, 0) is 42.3 Å². The van der Waals surface area contributed by atoms with Gasteiger partial charge in [0.2, 0.25) is 5.69 Å². The minimum atomic E-state index is 0. The summed E-state index contributed by atoms with van der Waals surface area (Å²) in [5.41, 5.74) is 3.68. The van der Waals surface area contributed by atoms with E-state index in [4.69, 9.17) is 0 Å². The van der Waals surface area contributed by atoms with Crippen LogP contribution in [0.4, 0.5) is 0 Å². The molecule has 125 valence electrons. The Hall–Kier alpha value is -2.05. The molecule has 0 saturated carbocycles. The summed E-state index contributed by atoms with van der Waals surface area (Å²) >= 11 is 0. The molecule has 7 nitrogen and oxygen atoms in total. The maximum atomic E-state index is 4.62. The van der Waals surface area contributed by atoms with E-state index in [0.29, 0.717) is 0 Å². The number of aromatic amines is 1. The zero-order valence-electron chi connectivity index (χ0n) is 11.8. The summed E-state index contributed by atoms with van der Waals surface area (Å²) in [5.74, 6) is 0. The third-order valence-electron chi connectivity index (χ3n) is 2.66. The van der Waals surface area contributed by atoms with Gasteiger partial charge in [-0.1, -0.05) is 12.1 Å². The summed E-state index contributed by atoms with van der Waals surface area (Å²) in [5, 5.41) is 0. The first-order chi connectivity index (χ1) is 8.93. The van der Waals surface area contributed by atoms with Crippen molar-refractivity contribution in [3.63, 3.8) is 0 Å². The molecular formula is C15H12N3O4Re-7. The number of hydrogen-bond donors (Lipinski definition) is 0. The van der Waals surface area contributed by atoms with Crippen LogP contribution < -0.4 is 4.98 Å². The molecule has 0 atom stereocenters. The first-order valence-corrected chi connectivity index (χ1v) is 5.79. The van der Waals surface area contributed by atoms with Gasteiger partial charge in [0.05, 0.1) is 11.4 Å². The van der Waals surface area contributed by atoms with E-state index < -0.39 is 0 Å². The van der Waals surface area contributed by atoms with E-state index in [1.165, 1.54) is 0 Å². The van der Waals surface area contributed by atoms with E-state index >= 15 is 0 Å². The normalized spacial score (nSPS) is 8.00. The molecule has 8 heteroatoms. The van der Waals surface area contributed by atoms with E-state index in [2.05, 4.69) is 15.0 Å². The summed E-state index contributed by atoms with van der Waals surface area (Å²) in [6.45, 7) is 0. The molecule has 0 aliphatic carbocycles. The molecule has 0 bridgehead atoms. The summed E-state index contributed by atoms with van der Waals surface area (Å²) in [4.78, 5) is 12.1. The number of rotatable bonds is 2. The fourth-order valence-electron chi connectivity index (χ4n) is 1.79. The van der Waals surface area contributed by atoms with Gasteiger partial charge >= 0.3 is 0 Å². The second-order valence-electron chi connectivity index (χ2n) is 3.90. The number of pyridine rings is 3. The van der Waals surface area contributed by atoms with Crippen molar-refractivity contribution in [2.45, 2.75) is 0 Å². The Bertz CT molecular complexity index is 602. The van der Waals surface area contributed by atoms with Gasteiger partial charge in [-0.3, -0.25) is 4.98 Å². The third-order valence-corrected chi connectivity index (χ3v) is 2.66. The van der Waals surface area contributed by atoms with Crippen LogP contribution in [0, 0.1) is 0 Å². The van der Waals surface area contributed by atoms with Gasteiger partial charge in [-0.15, -0.1) is 0 Å². The molecule has 0 aromatic carbocycles. The van der Waals surface area contributed by atoms with Crippen LogP contribution in [0.2, 0.25) is 0 Å². The SMILES string of the molecule is [O-2].[O-2].[O-2].[O-2].[Re].c1ccc(-c2cccc(-c3cccc[nH+]3)n2)nc1. The van der Waals surface area contributed by atoms with Crippen molar-refractivity contribution in [2.24, 2.45) is 0 Å². The van der Waals surface area contributed by atoms with Crippen molar-refractivity contribution < 1.29 is 47.3 Å². The Morgan fingerprint density at radius 2 is 1.30 bits per heavy atom. The van der Waals surface area contributed by atoms with Gasteiger partial charge in [0.15, 0.2) is 6.20 Å². The summed E-state index contributed by atoms with van der Waals surface area (Å²) in [6.07, 6.45) is 3.67. The van der Waals surface area contributed by atoms with Gasteiger partial charge in [0.25, 0.3) is 0 Å². The molecule has 23 heavy (non-hydrogen) atoms. The molecule has 0 unspecified atom stereocenters. The first kappa shape index (κ1) is 25.9. The topological polar surface area (TPSA) is 154 Å². The number of H-pyrrole nitrogens is 1. The van der Waals surface area contributed by atoms with Crippen LogP contribution in [0.25, 0.3) is 22.8 Å². The van der Waals surface area contributed by atoms with Gasteiger partial charge in [0.1, 0.15) is 5.69 Å². The van der Waals surface area contributed by atoms with E-state index in [9.17, 15) is 0 Å². The van der Waals surface area contributed by atoms with Crippen molar-refractivity contribution in [3.05, 3.63) is 67.0 Å². The molecule has 1 radical (unpaired) electrons. The van der Waals surface area contributed by atoms with Gasteiger partial charge < -0.3 is 21.9 Å². The van der Waals surface area contributed by atoms with E-state index in [0.717, 1.165) is 22.8 Å². The molecule has 0 spiro atoms. The van der Waals surface area contributed by atoms with Crippen molar-refractivity contribution >= 4 is 0 Å². The molecule has 1 N–H and O–H groups in total. The van der Waals surface area contributed by atoms with Gasteiger partial charge in [0, 0.05) is 38.8 Å². The van der Waals surface area contributed by atoms with Crippen molar-refractivity contribution in [3.8, 4) is 22.8 Å². The summed E-state index contributed by atoms with van der Waals surface area (Å²) < 4.78 is 0. The average Bonchev–Trinajstić information content (AvgIpc) is 2.49. The predicted molar refractivity (Wildman–Crippen MR) is 72.2 cm³/mol. The van der Waals surface area contributed by atoms with Crippen molar-refractivity contribution in [2.75, 3.05) is 0 Å². The Labute approximate surface area is 147 Å². The maximum Gasteiger partial charge on any atom is 0.229 e. The van der Waals surface area contributed by atoms with Crippen LogP contribution >= 0.6 is 0 Å². The van der Waals surface area contributed by atoms with Crippen molar-refractivity contribution in [1.29, 1.82) is 0 Å². The Morgan fingerprint density at radius 1 is 0.652 bits per heavy atom. The fraction of sp³-hybridized carbons (Fsp3) is 0. The molecular weight excluding hydrogens is 472 g/mol. The largest absolute Gasteiger partial charge is 2.00 e.